The molecule has 0 aliphatic carbocycles. The highest BCUT2D eigenvalue weighted by molar-refractivity contribution is 5.79. The van der Waals surface area contributed by atoms with Crippen molar-refractivity contribution in [1.29, 1.82) is 0 Å². The molecule has 0 aliphatic rings. The normalized spacial score (nSPS) is 12.3. The monoisotopic (exact) mass is 281 g/mol. The molecule has 0 rings (SSSR count). The number of carbonyl (C=O) groups excluding carboxylic acids is 2. The third kappa shape index (κ3) is 8.93. The average Bonchev–Trinajstić information content (AvgIpc) is 2.42. The Morgan fingerprint density at radius 3 is 2.55 bits per heavy atom. The van der Waals surface area contributed by atoms with Crippen LogP contribution >= 0.6 is 0 Å². The number of nitrogens with one attached hydrogen (secondary N) is 1. The van der Waals surface area contributed by atoms with Gasteiger partial charge in [-0.05, 0) is 24.8 Å². The van der Waals surface area contributed by atoms with Gasteiger partial charge in [0.2, 0.25) is 5.91 Å². The summed E-state index contributed by atoms with van der Waals surface area (Å²) in [5.74, 6) is -0.511. The number of hydrogen-bond acceptors (Lipinski definition) is 4. The fourth-order valence-electron chi connectivity index (χ4n) is 1.35. The summed E-state index contributed by atoms with van der Waals surface area (Å²) >= 11 is 0. The van der Waals surface area contributed by atoms with Crippen LogP contribution in [-0.4, -0.2) is 31.2 Å². The maximum atomic E-state index is 11.4. The van der Waals surface area contributed by atoms with Crippen molar-refractivity contribution < 1.29 is 14.3 Å². The Kier molecular flexibility index (Phi) is 9.68. The van der Waals surface area contributed by atoms with Crippen molar-refractivity contribution in [3.8, 4) is 0 Å². The quantitative estimate of drug-likeness (QED) is 0.410. The predicted molar refractivity (Wildman–Crippen MR) is 78.8 cm³/mol. The molecule has 0 aliphatic heterocycles. The zero-order valence-corrected chi connectivity index (χ0v) is 11.6. The van der Waals surface area contributed by atoms with Gasteiger partial charge in [0.1, 0.15) is 6.61 Å². The number of unbranched alkanes of at least 4 members (excludes halogenated alkanes) is 1. The van der Waals surface area contributed by atoms with Gasteiger partial charge in [0, 0.05) is 6.54 Å². The van der Waals surface area contributed by atoms with Gasteiger partial charge in [0.25, 0.3) is 0 Å². The largest absolute Gasteiger partial charge is 0.445 e. The van der Waals surface area contributed by atoms with Crippen molar-refractivity contribution in [1.82, 2.24) is 5.32 Å². The van der Waals surface area contributed by atoms with Gasteiger partial charge in [-0.1, -0.05) is 31.4 Å². The van der Waals surface area contributed by atoms with E-state index in [1.807, 2.05) is 0 Å². The van der Waals surface area contributed by atoms with E-state index in [0.717, 1.165) is 5.57 Å². The van der Waals surface area contributed by atoms with Crippen LogP contribution < -0.4 is 16.8 Å². The predicted octanol–water partition coefficient (Wildman–Crippen LogP) is 0.994. The van der Waals surface area contributed by atoms with E-state index >= 15 is 0 Å². The third-order valence-electron chi connectivity index (χ3n) is 2.54. The molecule has 0 aromatic carbocycles. The van der Waals surface area contributed by atoms with Crippen LogP contribution in [0.1, 0.15) is 19.3 Å². The number of hydrogen-bond donors (Lipinski definition) is 3. The number of primary amides is 1. The Morgan fingerprint density at radius 2 is 2.00 bits per heavy atom. The minimum atomic E-state index is -0.624. The molecule has 1 atom stereocenters. The van der Waals surface area contributed by atoms with E-state index in [1.165, 1.54) is 0 Å². The Bertz CT molecular complexity index is 378. The van der Waals surface area contributed by atoms with E-state index in [0.29, 0.717) is 25.8 Å². The van der Waals surface area contributed by atoms with E-state index in [1.54, 1.807) is 18.2 Å². The fraction of sp³-hybridized carbons (Fsp3) is 0.429. The minimum Gasteiger partial charge on any atom is -0.445 e. The van der Waals surface area contributed by atoms with E-state index in [-0.39, 0.29) is 6.61 Å². The van der Waals surface area contributed by atoms with Crippen molar-refractivity contribution in [2.45, 2.75) is 25.3 Å². The van der Waals surface area contributed by atoms with Crippen molar-refractivity contribution in [2.24, 2.45) is 11.5 Å². The highest BCUT2D eigenvalue weighted by atomic mass is 16.5. The number of allylic oxidation sites excluding steroid dienone is 2. The molecule has 0 fully saturated rings. The van der Waals surface area contributed by atoms with Crippen LogP contribution in [0.3, 0.4) is 0 Å². The molecule has 0 aromatic rings. The lowest BCUT2D eigenvalue weighted by Crippen LogP contribution is -2.36. The second-order valence-corrected chi connectivity index (χ2v) is 4.19. The van der Waals surface area contributed by atoms with Crippen LogP contribution in [-0.2, 0) is 9.53 Å². The van der Waals surface area contributed by atoms with Crippen LogP contribution in [0.4, 0.5) is 4.79 Å². The zero-order chi connectivity index (χ0) is 15.4. The summed E-state index contributed by atoms with van der Waals surface area (Å²) in [7, 11) is 0. The molecule has 6 nitrogen and oxygen atoms in total. The van der Waals surface area contributed by atoms with Crippen molar-refractivity contribution in [2.75, 3.05) is 13.2 Å². The lowest BCUT2D eigenvalue weighted by molar-refractivity contribution is -0.119. The van der Waals surface area contributed by atoms with Gasteiger partial charge in [-0.25, -0.2) is 4.79 Å². The molecule has 20 heavy (non-hydrogen) atoms. The minimum absolute atomic E-state index is 0.147. The molecule has 5 N–H and O–H groups in total. The van der Waals surface area contributed by atoms with E-state index in [4.69, 9.17) is 16.2 Å². The van der Waals surface area contributed by atoms with Crippen molar-refractivity contribution in [3.63, 3.8) is 0 Å². The molecule has 0 spiro atoms. The molecule has 0 aromatic heterocycles. The molecule has 0 radical (unpaired) electrons. The Balaban J connectivity index is 3.69. The molecular weight excluding hydrogens is 258 g/mol. The third-order valence-corrected chi connectivity index (χ3v) is 2.54. The average molecular weight is 281 g/mol. The smallest absolute Gasteiger partial charge is 0.407 e. The van der Waals surface area contributed by atoms with Crippen LogP contribution in [0, 0.1) is 0 Å². The maximum Gasteiger partial charge on any atom is 0.407 e. The molecule has 112 valence electrons. The highest BCUT2D eigenvalue weighted by Crippen LogP contribution is 1.99. The lowest BCUT2D eigenvalue weighted by atomic mass is 10.1. The summed E-state index contributed by atoms with van der Waals surface area (Å²) < 4.78 is 4.98. The first-order valence-electron chi connectivity index (χ1n) is 6.40. The van der Waals surface area contributed by atoms with Gasteiger partial charge in [0.05, 0.1) is 6.04 Å². The summed E-state index contributed by atoms with van der Waals surface area (Å²) in [5, 5.41) is 2.60. The summed E-state index contributed by atoms with van der Waals surface area (Å²) in [6.45, 7) is 7.75. The van der Waals surface area contributed by atoms with Crippen molar-refractivity contribution in [3.05, 3.63) is 37.0 Å². The summed E-state index contributed by atoms with van der Waals surface area (Å²) in [6.07, 6.45) is 6.33. The number of rotatable bonds is 10. The van der Waals surface area contributed by atoms with Gasteiger partial charge < -0.3 is 21.5 Å². The molecule has 0 saturated heterocycles. The fourth-order valence-corrected chi connectivity index (χ4v) is 1.35. The first-order chi connectivity index (χ1) is 9.51. The number of ether oxygens (including phenoxy) is 1. The van der Waals surface area contributed by atoms with Gasteiger partial charge in [-0.3, -0.25) is 4.79 Å². The topological polar surface area (TPSA) is 107 Å². The van der Waals surface area contributed by atoms with Crippen LogP contribution in [0.15, 0.2) is 37.0 Å². The van der Waals surface area contributed by atoms with Crippen LogP contribution in [0.25, 0.3) is 0 Å². The van der Waals surface area contributed by atoms with Crippen LogP contribution in [0.2, 0.25) is 0 Å². The summed E-state index contributed by atoms with van der Waals surface area (Å²) in [6, 6.07) is -0.624. The highest BCUT2D eigenvalue weighted by Gasteiger charge is 2.08. The van der Waals surface area contributed by atoms with Gasteiger partial charge in [-0.15, -0.1) is 0 Å². The molecule has 0 saturated carbocycles. The summed E-state index contributed by atoms with van der Waals surface area (Å²) in [4.78, 5) is 22.0. The molecule has 0 bridgehead atoms. The molecule has 0 heterocycles. The Morgan fingerprint density at radius 1 is 1.30 bits per heavy atom. The lowest BCUT2D eigenvalue weighted by Gasteiger charge is -2.08. The van der Waals surface area contributed by atoms with E-state index < -0.39 is 18.0 Å². The maximum absolute atomic E-state index is 11.4. The second kappa shape index (κ2) is 10.8. The first-order valence-corrected chi connectivity index (χ1v) is 6.40. The van der Waals surface area contributed by atoms with Crippen LogP contribution in [0.5, 0.6) is 0 Å². The number of nitrogens with two attached hydrogens (primary N) is 2. The standard InChI is InChI=1S/C14H23N3O3/c1-3-7-11(4-2)10-20-14(19)17-9-6-5-8-12(15)13(16)18/h3-4,7,12H,1-2,5-6,8-10,15H2,(H2,16,18)(H,17,19)/b11-7+/t12-/m0/s1. The van der Waals surface area contributed by atoms with Crippen molar-refractivity contribution >= 4 is 12.0 Å². The SMILES string of the molecule is C=C/C=C(\C=C)COC(=O)NCCCC[C@H](N)C(N)=O. The first kappa shape index (κ1) is 17.9. The molecule has 6 heteroatoms. The molecule has 2 amide bonds. The van der Waals surface area contributed by atoms with E-state index in [2.05, 4.69) is 18.5 Å². The van der Waals surface area contributed by atoms with Gasteiger partial charge >= 0.3 is 6.09 Å². The number of amides is 2. The second-order valence-electron chi connectivity index (χ2n) is 4.19. The molecule has 0 unspecified atom stereocenters. The zero-order valence-electron chi connectivity index (χ0n) is 11.6. The molecular formula is C14H23N3O3. The Hall–Kier alpha value is -2.08. The van der Waals surface area contributed by atoms with Gasteiger partial charge in [0.15, 0.2) is 0 Å². The van der Waals surface area contributed by atoms with E-state index in [9.17, 15) is 9.59 Å². The Labute approximate surface area is 119 Å². The number of carbonyl (C=O) groups is 2. The van der Waals surface area contributed by atoms with Gasteiger partial charge in [-0.2, -0.15) is 0 Å². The summed E-state index contributed by atoms with van der Waals surface area (Å²) in [5.41, 5.74) is 11.3. The number of alkyl carbamates (subject to hydrolysis) is 1.